The van der Waals surface area contributed by atoms with E-state index in [1.165, 1.54) is 0 Å². The molecule has 0 aliphatic carbocycles. The van der Waals surface area contributed by atoms with Gasteiger partial charge in [0, 0.05) is 5.56 Å². The second-order valence-electron chi connectivity index (χ2n) is 4.55. The number of hydrogen-bond acceptors (Lipinski definition) is 4. The van der Waals surface area contributed by atoms with Gasteiger partial charge < -0.3 is 4.74 Å². The Morgan fingerprint density at radius 3 is 2.77 bits per heavy atom. The van der Waals surface area contributed by atoms with Gasteiger partial charge in [0.15, 0.2) is 5.82 Å². The van der Waals surface area contributed by atoms with Crippen LogP contribution in [0, 0.1) is 4.77 Å². The fourth-order valence-electron chi connectivity index (χ4n) is 2.02. The molecule has 0 saturated carbocycles. The van der Waals surface area contributed by atoms with Gasteiger partial charge in [-0.2, -0.15) is 14.9 Å². The van der Waals surface area contributed by atoms with Crippen LogP contribution in [0.25, 0.3) is 11.4 Å². The summed E-state index contributed by atoms with van der Waals surface area (Å²) in [6.07, 6.45) is 1.72. The molecule has 0 fully saturated rings. The summed E-state index contributed by atoms with van der Waals surface area (Å²) in [7, 11) is 1.63. The number of nitrogens with one attached hydrogen (secondary N) is 1. The van der Waals surface area contributed by atoms with Crippen LogP contribution in [-0.2, 0) is 0 Å². The van der Waals surface area contributed by atoms with Crippen molar-refractivity contribution < 1.29 is 4.74 Å². The first kappa shape index (κ1) is 14.2. The molecule has 0 aliphatic heterocycles. The average molecular weight is 310 g/mol. The van der Waals surface area contributed by atoms with Crippen LogP contribution in [0.1, 0.15) is 5.56 Å². The van der Waals surface area contributed by atoms with Crippen molar-refractivity contribution in [2.24, 2.45) is 5.10 Å². The topological polar surface area (TPSA) is 55.2 Å². The van der Waals surface area contributed by atoms with Gasteiger partial charge in [-0.15, -0.1) is 0 Å². The van der Waals surface area contributed by atoms with Crippen molar-refractivity contribution in [1.82, 2.24) is 14.9 Å². The lowest BCUT2D eigenvalue weighted by Crippen LogP contribution is -1.95. The molecule has 22 heavy (non-hydrogen) atoms. The molecule has 5 nitrogen and oxygen atoms in total. The summed E-state index contributed by atoms with van der Waals surface area (Å²) < 4.78 is 7.25. The van der Waals surface area contributed by atoms with Gasteiger partial charge in [-0.05, 0) is 29.9 Å². The van der Waals surface area contributed by atoms with Crippen LogP contribution in [0.3, 0.4) is 0 Å². The van der Waals surface area contributed by atoms with Gasteiger partial charge in [0.1, 0.15) is 5.75 Å². The zero-order chi connectivity index (χ0) is 15.4. The molecule has 6 heteroatoms. The molecular formula is C16H14N4OS. The molecule has 0 spiro atoms. The first-order valence-electron chi connectivity index (χ1n) is 6.69. The highest BCUT2D eigenvalue weighted by Crippen LogP contribution is 2.16. The third kappa shape index (κ3) is 2.96. The van der Waals surface area contributed by atoms with Crippen molar-refractivity contribution in [2.75, 3.05) is 7.11 Å². The molecule has 1 N–H and O–H groups in total. The lowest BCUT2D eigenvalue weighted by molar-refractivity contribution is 0.415. The summed E-state index contributed by atoms with van der Waals surface area (Å²) in [4.78, 5) is 0. The first-order chi connectivity index (χ1) is 10.8. The monoisotopic (exact) mass is 310 g/mol. The molecule has 110 valence electrons. The molecule has 0 aliphatic rings. The quantitative estimate of drug-likeness (QED) is 0.593. The molecule has 0 amide bonds. The summed E-state index contributed by atoms with van der Waals surface area (Å²) in [5.74, 6) is 1.45. The highest BCUT2D eigenvalue weighted by atomic mass is 32.1. The van der Waals surface area contributed by atoms with E-state index in [0.29, 0.717) is 10.6 Å². The van der Waals surface area contributed by atoms with Gasteiger partial charge in [0.2, 0.25) is 4.77 Å². The number of H-pyrrole nitrogens is 1. The minimum absolute atomic E-state index is 0.443. The molecule has 0 bridgehead atoms. The molecule has 1 heterocycles. The van der Waals surface area contributed by atoms with Crippen molar-refractivity contribution >= 4 is 18.4 Å². The highest BCUT2D eigenvalue weighted by molar-refractivity contribution is 7.71. The minimum atomic E-state index is 0.443. The second kappa shape index (κ2) is 6.36. The van der Waals surface area contributed by atoms with Crippen LogP contribution in [0.15, 0.2) is 59.7 Å². The van der Waals surface area contributed by atoms with Gasteiger partial charge in [-0.3, -0.25) is 0 Å². The average Bonchev–Trinajstić information content (AvgIpc) is 2.95. The maximum Gasteiger partial charge on any atom is 0.216 e. The fraction of sp³-hybridized carbons (Fsp3) is 0.0625. The van der Waals surface area contributed by atoms with Crippen LogP contribution in [-0.4, -0.2) is 28.2 Å². The van der Waals surface area contributed by atoms with E-state index in [9.17, 15) is 0 Å². The molecule has 2 aromatic carbocycles. The number of aromatic nitrogens is 3. The number of methoxy groups -OCH3 is 1. The van der Waals surface area contributed by atoms with Crippen LogP contribution in [0.4, 0.5) is 0 Å². The summed E-state index contributed by atoms with van der Waals surface area (Å²) in [6, 6.07) is 17.4. The summed E-state index contributed by atoms with van der Waals surface area (Å²) in [5, 5.41) is 11.4. The van der Waals surface area contributed by atoms with E-state index >= 15 is 0 Å². The van der Waals surface area contributed by atoms with Crippen LogP contribution in [0.2, 0.25) is 0 Å². The van der Waals surface area contributed by atoms with Crippen molar-refractivity contribution in [3.8, 4) is 17.1 Å². The molecule has 1 aromatic heterocycles. The first-order valence-corrected chi connectivity index (χ1v) is 7.10. The second-order valence-corrected chi connectivity index (χ2v) is 4.94. The number of rotatable bonds is 4. The maximum absolute atomic E-state index is 5.24. The third-order valence-corrected chi connectivity index (χ3v) is 3.36. The van der Waals surface area contributed by atoms with E-state index in [4.69, 9.17) is 17.0 Å². The number of nitrogens with zero attached hydrogens (tertiary/aromatic N) is 3. The van der Waals surface area contributed by atoms with Gasteiger partial charge >= 0.3 is 0 Å². The van der Waals surface area contributed by atoms with Crippen LogP contribution < -0.4 is 4.74 Å². The maximum atomic E-state index is 5.24. The van der Waals surface area contributed by atoms with Crippen molar-refractivity contribution in [1.29, 1.82) is 0 Å². The highest BCUT2D eigenvalue weighted by Gasteiger charge is 2.07. The molecule has 3 rings (SSSR count). The zero-order valence-electron chi connectivity index (χ0n) is 11.9. The van der Waals surface area contributed by atoms with Crippen molar-refractivity contribution in [3.05, 3.63) is 64.9 Å². The Morgan fingerprint density at radius 1 is 1.18 bits per heavy atom. The van der Waals surface area contributed by atoms with Gasteiger partial charge in [-0.25, -0.2) is 5.10 Å². The Labute approximate surface area is 132 Å². The van der Waals surface area contributed by atoms with E-state index in [-0.39, 0.29) is 0 Å². The fourth-order valence-corrected chi connectivity index (χ4v) is 2.20. The Bertz CT molecular complexity index is 852. The van der Waals surface area contributed by atoms with Gasteiger partial charge in [-0.1, -0.05) is 42.5 Å². The summed E-state index contributed by atoms with van der Waals surface area (Å²) >= 11 is 5.24. The van der Waals surface area contributed by atoms with Crippen molar-refractivity contribution in [3.63, 3.8) is 0 Å². The molecular weight excluding hydrogens is 296 g/mol. The number of aromatic amines is 1. The Kier molecular flexibility index (Phi) is 4.11. The standard InChI is InChI=1S/C16H14N4OS/c1-21-14-9-5-6-12(10-14)11-17-20-15(18-19-16(20)22)13-7-3-2-4-8-13/h2-11H,1H3,(H,19,22)/b17-11+. The predicted octanol–water partition coefficient (Wildman–Crippen LogP) is 3.50. The largest absolute Gasteiger partial charge is 0.497 e. The van der Waals surface area contributed by atoms with Gasteiger partial charge in [0.25, 0.3) is 0 Å². The van der Waals surface area contributed by atoms with Crippen molar-refractivity contribution in [2.45, 2.75) is 0 Å². The van der Waals surface area contributed by atoms with Gasteiger partial charge in [0.05, 0.1) is 13.3 Å². The lowest BCUT2D eigenvalue weighted by atomic mass is 10.2. The normalized spacial score (nSPS) is 11.0. The Hall–Kier alpha value is -2.73. The summed E-state index contributed by atoms with van der Waals surface area (Å²) in [6.45, 7) is 0. The molecule has 0 atom stereocenters. The van der Waals surface area contributed by atoms with Crippen LogP contribution in [0.5, 0.6) is 5.75 Å². The zero-order valence-corrected chi connectivity index (χ0v) is 12.7. The Morgan fingerprint density at radius 2 is 2.00 bits per heavy atom. The van der Waals surface area contributed by atoms with E-state index in [0.717, 1.165) is 16.9 Å². The number of benzene rings is 2. The lowest BCUT2D eigenvalue weighted by Gasteiger charge is -2.02. The van der Waals surface area contributed by atoms with E-state index in [1.807, 2.05) is 54.6 Å². The van der Waals surface area contributed by atoms with E-state index < -0.39 is 0 Å². The van der Waals surface area contributed by atoms with Crippen LogP contribution >= 0.6 is 12.2 Å². The molecule has 3 aromatic rings. The predicted molar refractivity (Wildman–Crippen MR) is 88.8 cm³/mol. The van der Waals surface area contributed by atoms with E-state index in [1.54, 1.807) is 18.0 Å². The molecule has 0 saturated heterocycles. The Balaban J connectivity index is 1.97. The third-order valence-electron chi connectivity index (χ3n) is 3.10. The SMILES string of the molecule is COc1cccc(/C=N/n2c(-c3ccccc3)n[nH]c2=S)c1. The summed E-state index contributed by atoms with van der Waals surface area (Å²) in [5.41, 5.74) is 1.86. The number of ether oxygens (including phenoxy) is 1. The molecule has 0 unspecified atom stereocenters. The van der Waals surface area contributed by atoms with E-state index in [2.05, 4.69) is 15.3 Å². The minimum Gasteiger partial charge on any atom is -0.497 e. The smallest absolute Gasteiger partial charge is 0.216 e. The molecule has 0 radical (unpaired) electrons. The number of hydrogen-bond donors (Lipinski definition) is 1.